The normalized spacial score (nSPS) is 29.1. The molecule has 3 nitrogen and oxygen atoms in total. The third-order valence-corrected chi connectivity index (χ3v) is 4.15. The third kappa shape index (κ3) is 4.03. The number of ether oxygens (including phenoxy) is 1. The zero-order valence-electron chi connectivity index (χ0n) is 11.5. The van der Waals surface area contributed by atoms with E-state index in [1.54, 1.807) is 7.11 Å². The average Bonchev–Trinajstić information content (AvgIpc) is 2.42. The zero-order chi connectivity index (χ0) is 13.7. The van der Waals surface area contributed by atoms with E-state index < -0.39 is 6.10 Å². The van der Waals surface area contributed by atoms with Gasteiger partial charge < -0.3 is 14.9 Å². The second kappa shape index (κ2) is 7.04. The van der Waals surface area contributed by atoms with Crippen molar-refractivity contribution in [2.75, 3.05) is 13.7 Å². The van der Waals surface area contributed by atoms with Gasteiger partial charge in [0.25, 0.3) is 0 Å². The van der Waals surface area contributed by atoms with Crippen molar-refractivity contribution in [3.8, 4) is 0 Å². The van der Waals surface area contributed by atoms with Gasteiger partial charge in [-0.2, -0.15) is 0 Å². The molecule has 0 spiro atoms. The fourth-order valence-corrected chi connectivity index (χ4v) is 3.14. The quantitative estimate of drug-likeness (QED) is 0.858. The molecule has 106 valence electrons. The zero-order valence-corrected chi connectivity index (χ0v) is 11.5. The minimum atomic E-state index is -0.473. The van der Waals surface area contributed by atoms with E-state index in [1.165, 1.54) is 5.56 Å². The number of aliphatic hydroxyl groups excluding tert-OH is 2. The number of rotatable bonds is 5. The molecule has 1 aliphatic rings. The monoisotopic (exact) mass is 264 g/mol. The van der Waals surface area contributed by atoms with Crippen molar-refractivity contribution in [1.82, 2.24) is 0 Å². The predicted molar refractivity (Wildman–Crippen MR) is 75.0 cm³/mol. The van der Waals surface area contributed by atoms with E-state index in [1.807, 2.05) is 6.07 Å². The van der Waals surface area contributed by atoms with Crippen molar-refractivity contribution >= 4 is 0 Å². The predicted octanol–water partition coefficient (Wildman–Crippen LogP) is 2.33. The Morgan fingerprint density at radius 1 is 1.26 bits per heavy atom. The van der Waals surface area contributed by atoms with Gasteiger partial charge >= 0.3 is 0 Å². The second-order valence-electron chi connectivity index (χ2n) is 5.59. The Morgan fingerprint density at radius 2 is 2.00 bits per heavy atom. The van der Waals surface area contributed by atoms with Crippen molar-refractivity contribution in [1.29, 1.82) is 0 Å². The minimum Gasteiger partial charge on any atom is -0.393 e. The highest BCUT2D eigenvalue weighted by atomic mass is 16.5. The molecule has 1 aromatic carbocycles. The summed E-state index contributed by atoms with van der Waals surface area (Å²) in [6.07, 6.45) is 2.67. The van der Waals surface area contributed by atoms with Crippen LogP contribution in [0.4, 0.5) is 0 Å². The third-order valence-electron chi connectivity index (χ3n) is 4.15. The van der Waals surface area contributed by atoms with Crippen LogP contribution in [0.5, 0.6) is 0 Å². The lowest BCUT2D eigenvalue weighted by Gasteiger charge is -2.34. The number of methoxy groups -OCH3 is 1. The molecule has 0 heterocycles. The summed E-state index contributed by atoms with van der Waals surface area (Å²) >= 11 is 0. The summed E-state index contributed by atoms with van der Waals surface area (Å²) in [6, 6.07) is 10.5. The molecule has 3 heteroatoms. The summed E-state index contributed by atoms with van der Waals surface area (Å²) in [6.45, 7) is 0.346. The van der Waals surface area contributed by atoms with Crippen LogP contribution in [-0.4, -0.2) is 36.1 Å². The first-order valence-electron chi connectivity index (χ1n) is 7.10. The number of aliphatic hydroxyl groups is 2. The standard InChI is InChI=1S/C16H24O3/c1-19-11-15(17)10-14-9-13(7-8-16(14)18)12-5-3-2-4-6-12/h2-6,13-18H,7-11H2,1H3. The molecule has 0 amide bonds. The smallest absolute Gasteiger partial charge is 0.0777 e. The van der Waals surface area contributed by atoms with Crippen LogP contribution in [0, 0.1) is 5.92 Å². The molecule has 1 fully saturated rings. The first-order valence-corrected chi connectivity index (χ1v) is 7.10. The van der Waals surface area contributed by atoms with E-state index in [2.05, 4.69) is 24.3 Å². The van der Waals surface area contributed by atoms with Crippen molar-refractivity contribution in [3.63, 3.8) is 0 Å². The minimum absolute atomic E-state index is 0.170. The Kier molecular flexibility index (Phi) is 5.37. The second-order valence-corrected chi connectivity index (χ2v) is 5.59. The van der Waals surface area contributed by atoms with Gasteiger partial charge in [-0.3, -0.25) is 0 Å². The van der Waals surface area contributed by atoms with E-state index >= 15 is 0 Å². The lowest BCUT2D eigenvalue weighted by atomic mass is 9.74. The topological polar surface area (TPSA) is 49.7 Å². The lowest BCUT2D eigenvalue weighted by molar-refractivity contribution is 0.00184. The fraction of sp³-hybridized carbons (Fsp3) is 0.625. The molecule has 19 heavy (non-hydrogen) atoms. The van der Waals surface area contributed by atoms with Gasteiger partial charge in [0, 0.05) is 7.11 Å². The lowest BCUT2D eigenvalue weighted by Crippen LogP contribution is -2.32. The summed E-state index contributed by atoms with van der Waals surface area (Å²) in [5.41, 5.74) is 1.35. The summed E-state index contributed by atoms with van der Waals surface area (Å²) in [4.78, 5) is 0. The highest BCUT2D eigenvalue weighted by Gasteiger charge is 2.31. The van der Waals surface area contributed by atoms with Crippen LogP contribution in [-0.2, 0) is 4.74 Å². The SMILES string of the molecule is COCC(O)CC1CC(c2ccccc2)CCC1O. The maximum absolute atomic E-state index is 10.1. The average molecular weight is 264 g/mol. The van der Waals surface area contributed by atoms with Crippen LogP contribution in [0.1, 0.15) is 37.2 Å². The Bertz CT molecular complexity index is 366. The van der Waals surface area contributed by atoms with Crippen LogP contribution in [0.2, 0.25) is 0 Å². The van der Waals surface area contributed by atoms with Crippen molar-refractivity contribution in [2.24, 2.45) is 5.92 Å². The van der Waals surface area contributed by atoms with E-state index in [-0.39, 0.29) is 12.0 Å². The molecule has 1 saturated carbocycles. The van der Waals surface area contributed by atoms with Gasteiger partial charge in [0.2, 0.25) is 0 Å². The molecule has 0 aliphatic heterocycles. The Morgan fingerprint density at radius 3 is 2.68 bits per heavy atom. The van der Waals surface area contributed by atoms with Crippen molar-refractivity contribution in [3.05, 3.63) is 35.9 Å². The number of benzene rings is 1. The van der Waals surface area contributed by atoms with Crippen LogP contribution in [0.15, 0.2) is 30.3 Å². The molecule has 2 N–H and O–H groups in total. The maximum Gasteiger partial charge on any atom is 0.0777 e. The van der Waals surface area contributed by atoms with Crippen LogP contribution >= 0.6 is 0 Å². The molecule has 4 atom stereocenters. The Balaban J connectivity index is 1.96. The summed E-state index contributed by atoms with van der Waals surface area (Å²) in [5.74, 6) is 0.674. The molecule has 1 aromatic rings. The number of hydrogen-bond donors (Lipinski definition) is 2. The van der Waals surface area contributed by atoms with Crippen LogP contribution < -0.4 is 0 Å². The number of hydrogen-bond acceptors (Lipinski definition) is 3. The Hall–Kier alpha value is -0.900. The molecule has 0 radical (unpaired) electrons. The van der Waals surface area contributed by atoms with E-state index in [9.17, 15) is 10.2 Å². The van der Waals surface area contributed by atoms with Gasteiger partial charge in [0.1, 0.15) is 0 Å². The van der Waals surface area contributed by atoms with Gasteiger partial charge in [0.05, 0.1) is 18.8 Å². The molecule has 4 unspecified atom stereocenters. The van der Waals surface area contributed by atoms with Crippen molar-refractivity contribution < 1.29 is 14.9 Å². The fourth-order valence-electron chi connectivity index (χ4n) is 3.14. The molecule has 2 rings (SSSR count). The first-order chi connectivity index (χ1) is 9.20. The highest BCUT2D eigenvalue weighted by molar-refractivity contribution is 5.20. The summed E-state index contributed by atoms with van der Waals surface area (Å²) in [5, 5.41) is 19.9. The van der Waals surface area contributed by atoms with Gasteiger partial charge in [-0.05, 0) is 43.1 Å². The molecule has 1 aliphatic carbocycles. The highest BCUT2D eigenvalue weighted by Crippen LogP contribution is 2.38. The maximum atomic E-state index is 10.1. The van der Waals surface area contributed by atoms with Crippen molar-refractivity contribution in [2.45, 2.75) is 43.8 Å². The van der Waals surface area contributed by atoms with E-state index in [4.69, 9.17) is 4.74 Å². The summed E-state index contributed by atoms with van der Waals surface area (Å²) < 4.78 is 4.96. The van der Waals surface area contributed by atoms with Gasteiger partial charge in [-0.25, -0.2) is 0 Å². The van der Waals surface area contributed by atoms with E-state index in [0.717, 1.165) is 19.3 Å². The molecular weight excluding hydrogens is 240 g/mol. The van der Waals surface area contributed by atoms with Crippen LogP contribution in [0.25, 0.3) is 0 Å². The molecule has 0 aromatic heterocycles. The molecular formula is C16H24O3. The van der Waals surface area contributed by atoms with Gasteiger partial charge in [-0.15, -0.1) is 0 Å². The van der Waals surface area contributed by atoms with Gasteiger partial charge in [-0.1, -0.05) is 30.3 Å². The van der Waals surface area contributed by atoms with E-state index in [0.29, 0.717) is 18.9 Å². The molecule has 0 saturated heterocycles. The first kappa shape index (κ1) is 14.5. The summed E-state index contributed by atoms with van der Waals surface area (Å²) in [7, 11) is 1.59. The Labute approximate surface area is 115 Å². The largest absolute Gasteiger partial charge is 0.393 e. The van der Waals surface area contributed by atoms with Crippen LogP contribution in [0.3, 0.4) is 0 Å². The van der Waals surface area contributed by atoms with Gasteiger partial charge in [0.15, 0.2) is 0 Å². The molecule has 0 bridgehead atoms.